The fraction of sp³-hybridized carbons (Fsp3) is 0.476. The van der Waals surface area contributed by atoms with Gasteiger partial charge in [-0.3, -0.25) is 19.3 Å². The van der Waals surface area contributed by atoms with Crippen LogP contribution in [0.5, 0.6) is 11.5 Å². The minimum absolute atomic E-state index is 0.0853. The highest BCUT2D eigenvalue weighted by Crippen LogP contribution is 2.35. The molecule has 1 saturated heterocycles. The van der Waals surface area contributed by atoms with Crippen LogP contribution in [-0.4, -0.2) is 43.4 Å². The molecule has 7 heteroatoms. The highest BCUT2D eigenvalue weighted by molar-refractivity contribution is 6.05. The molecule has 0 spiro atoms. The van der Waals surface area contributed by atoms with E-state index in [-0.39, 0.29) is 48.6 Å². The molecule has 1 aliphatic carbocycles. The molecule has 1 aromatic rings. The molecular weight excluding hydrogens is 360 g/mol. The number of nitrogens with one attached hydrogen (secondary N) is 1. The van der Waals surface area contributed by atoms with Crippen LogP contribution in [0, 0.1) is 11.8 Å². The zero-order valence-corrected chi connectivity index (χ0v) is 16.4. The summed E-state index contributed by atoms with van der Waals surface area (Å²) in [6.07, 6.45) is 5.20. The summed E-state index contributed by atoms with van der Waals surface area (Å²) in [5.41, 5.74) is 0.872. The summed E-state index contributed by atoms with van der Waals surface area (Å²) in [5, 5.41) is 2.90. The molecular formula is C21H26N2O5. The van der Waals surface area contributed by atoms with Gasteiger partial charge in [-0.15, -0.1) is 0 Å². The predicted molar refractivity (Wildman–Crippen MR) is 103 cm³/mol. The van der Waals surface area contributed by atoms with Gasteiger partial charge >= 0.3 is 0 Å². The average Bonchev–Trinajstić information content (AvgIpc) is 2.96. The molecule has 1 fully saturated rings. The molecule has 3 rings (SSSR count). The van der Waals surface area contributed by atoms with Crippen LogP contribution in [-0.2, 0) is 14.4 Å². The predicted octanol–water partition coefficient (Wildman–Crippen LogP) is 2.22. The first kappa shape index (κ1) is 19.9. The lowest BCUT2D eigenvalue weighted by molar-refractivity contribution is -0.140. The number of likely N-dealkylation sites (tertiary alicyclic amines) is 1. The van der Waals surface area contributed by atoms with Crippen molar-refractivity contribution in [2.45, 2.75) is 32.2 Å². The van der Waals surface area contributed by atoms with Gasteiger partial charge in [0.2, 0.25) is 17.7 Å². The van der Waals surface area contributed by atoms with Crippen molar-refractivity contribution >= 4 is 17.7 Å². The van der Waals surface area contributed by atoms with Crippen molar-refractivity contribution in [3.8, 4) is 11.5 Å². The average molecular weight is 386 g/mol. The number of carbonyl (C=O) groups excluding carboxylic acids is 3. The van der Waals surface area contributed by atoms with Crippen LogP contribution in [0.25, 0.3) is 0 Å². The molecule has 0 radical (unpaired) electrons. The number of carbonyl (C=O) groups is 3. The Hall–Kier alpha value is -2.83. The summed E-state index contributed by atoms with van der Waals surface area (Å²) in [4.78, 5) is 38.5. The molecule has 1 N–H and O–H groups in total. The molecule has 3 amide bonds. The molecule has 0 bridgehead atoms. The van der Waals surface area contributed by atoms with E-state index in [9.17, 15) is 14.4 Å². The summed E-state index contributed by atoms with van der Waals surface area (Å²) in [7, 11) is 3.12. The van der Waals surface area contributed by atoms with E-state index in [4.69, 9.17) is 9.47 Å². The highest BCUT2D eigenvalue weighted by Gasteiger charge is 2.46. The number of amides is 3. The molecule has 1 aliphatic heterocycles. The van der Waals surface area contributed by atoms with E-state index in [1.807, 2.05) is 31.2 Å². The first-order valence-electron chi connectivity index (χ1n) is 9.47. The van der Waals surface area contributed by atoms with E-state index in [1.54, 1.807) is 20.3 Å². The maximum atomic E-state index is 12.5. The van der Waals surface area contributed by atoms with Gasteiger partial charge in [0, 0.05) is 13.0 Å². The summed E-state index contributed by atoms with van der Waals surface area (Å²) >= 11 is 0. The monoisotopic (exact) mass is 386 g/mol. The first-order valence-corrected chi connectivity index (χ1v) is 9.47. The van der Waals surface area contributed by atoms with Crippen molar-refractivity contribution in [3.63, 3.8) is 0 Å². The number of nitrogens with zero attached hydrogens (tertiary/aromatic N) is 1. The Bertz CT molecular complexity index is 778. The molecule has 1 unspecified atom stereocenters. The zero-order valence-electron chi connectivity index (χ0n) is 16.4. The van der Waals surface area contributed by atoms with E-state index in [0.29, 0.717) is 24.3 Å². The van der Waals surface area contributed by atoms with Gasteiger partial charge < -0.3 is 14.8 Å². The van der Waals surface area contributed by atoms with Gasteiger partial charge in [0.05, 0.1) is 32.1 Å². The number of benzene rings is 1. The molecule has 2 aliphatic rings. The standard InChI is InChI=1S/C21H26N2O5/c1-13(14-8-9-17(27-2)18(12-14)28-3)22-19(24)10-11-23-20(25)15-6-4-5-7-16(15)21(23)26/h4-5,8-9,12-13,15-16H,6-7,10-11H2,1-3H3,(H,22,24)/t13?,15-,16+. The number of rotatable bonds is 7. The Labute approximate surface area is 164 Å². The van der Waals surface area contributed by atoms with Gasteiger partial charge in [-0.2, -0.15) is 0 Å². The lowest BCUT2D eigenvalue weighted by Crippen LogP contribution is -2.36. The molecule has 28 heavy (non-hydrogen) atoms. The molecule has 0 saturated carbocycles. The van der Waals surface area contributed by atoms with Crippen molar-refractivity contribution in [1.82, 2.24) is 10.2 Å². The fourth-order valence-electron chi connectivity index (χ4n) is 3.82. The molecule has 7 nitrogen and oxygen atoms in total. The van der Waals surface area contributed by atoms with Crippen molar-refractivity contribution < 1.29 is 23.9 Å². The number of hydrogen-bond donors (Lipinski definition) is 1. The summed E-state index contributed by atoms with van der Waals surface area (Å²) in [6.45, 7) is 1.99. The maximum absolute atomic E-state index is 12.5. The zero-order chi connectivity index (χ0) is 20.3. The Morgan fingerprint density at radius 2 is 1.71 bits per heavy atom. The Kier molecular flexibility index (Phi) is 6.02. The topological polar surface area (TPSA) is 84.9 Å². The van der Waals surface area contributed by atoms with Crippen LogP contribution < -0.4 is 14.8 Å². The maximum Gasteiger partial charge on any atom is 0.233 e. The molecule has 150 valence electrons. The van der Waals surface area contributed by atoms with Crippen molar-refractivity contribution in [2.24, 2.45) is 11.8 Å². The summed E-state index contributed by atoms with van der Waals surface area (Å²) < 4.78 is 10.5. The first-order chi connectivity index (χ1) is 13.5. The largest absolute Gasteiger partial charge is 0.493 e. The van der Waals surface area contributed by atoms with Gasteiger partial charge in [0.25, 0.3) is 0 Å². The minimum Gasteiger partial charge on any atom is -0.493 e. The number of ether oxygens (including phenoxy) is 2. The van der Waals surface area contributed by atoms with Gasteiger partial charge in [0.15, 0.2) is 11.5 Å². The minimum atomic E-state index is -0.258. The third kappa shape index (κ3) is 3.88. The normalized spacial score (nSPS) is 22.0. The highest BCUT2D eigenvalue weighted by atomic mass is 16.5. The summed E-state index contributed by atoms with van der Waals surface area (Å²) in [6, 6.07) is 5.21. The van der Waals surface area contributed by atoms with E-state index in [0.717, 1.165) is 5.56 Å². The quantitative estimate of drug-likeness (QED) is 0.574. The van der Waals surface area contributed by atoms with Crippen molar-refractivity contribution in [3.05, 3.63) is 35.9 Å². The second-order valence-electron chi connectivity index (χ2n) is 7.14. The third-order valence-electron chi connectivity index (χ3n) is 5.45. The van der Waals surface area contributed by atoms with Gasteiger partial charge in [-0.25, -0.2) is 0 Å². The Morgan fingerprint density at radius 3 is 2.29 bits per heavy atom. The number of allylic oxidation sites excluding steroid dienone is 2. The number of hydrogen-bond acceptors (Lipinski definition) is 5. The van der Waals surface area contributed by atoms with E-state index >= 15 is 0 Å². The van der Waals surface area contributed by atoms with Crippen molar-refractivity contribution in [1.29, 1.82) is 0 Å². The van der Waals surface area contributed by atoms with Gasteiger partial charge in [0.1, 0.15) is 0 Å². The van der Waals surface area contributed by atoms with Crippen LogP contribution in [0.2, 0.25) is 0 Å². The molecule has 1 aromatic carbocycles. The molecule has 1 heterocycles. The third-order valence-corrected chi connectivity index (χ3v) is 5.45. The van der Waals surface area contributed by atoms with Gasteiger partial charge in [-0.05, 0) is 37.5 Å². The summed E-state index contributed by atoms with van der Waals surface area (Å²) in [5.74, 6) is 0.172. The van der Waals surface area contributed by atoms with Crippen LogP contribution in [0.4, 0.5) is 0 Å². The van der Waals surface area contributed by atoms with E-state index in [1.165, 1.54) is 4.90 Å². The van der Waals surface area contributed by atoms with Gasteiger partial charge in [-0.1, -0.05) is 18.2 Å². The lowest BCUT2D eigenvalue weighted by Gasteiger charge is -2.18. The SMILES string of the molecule is COc1ccc(C(C)NC(=O)CCN2C(=O)[C@H]3CC=CC[C@H]3C2=O)cc1OC. The second kappa shape index (κ2) is 8.46. The Balaban J connectivity index is 1.56. The van der Waals surface area contributed by atoms with Crippen LogP contribution in [0.15, 0.2) is 30.4 Å². The van der Waals surface area contributed by atoms with E-state index < -0.39 is 0 Å². The van der Waals surface area contributed by atoms with Crippen molar-refractivity contribution in [2.75, 3.05) is 20.8 Å². The number of imide groups is 1. The van der Waals surface area contributed by atoms with E-state index in [2.05, 4.69) is 5.32 Å². The lowest BCUT2D eigenvalue weighted by atomic mass is 9.85. The number of methoxy groups -OCH3 is 2. The second-order valence-corrected chi connectivity index (χ2v) is 7.14. The van der Waals surface area contributed by atoms with Crippen LogP contribution in [0.1, 0.15) is 37.8 Å². The van der Waals surface area contributed by atoms with Crippen LogP contribution in [0.3, 0.4) is 0 Å². The smallest absolute Gasteiger partial charge is 0.233 e. The Morgan fingerprint density at radius 1 is 1.11 bits per heavy atom. The number of fused-ring (bicyclic) bond motifs is 1. The molecule has 0 aromatic heterocycles. The van der Waals surface area contributed by atoms with Crippen LogP contribution >= 0.6 is 0 Å². The molecule has 3 atom stereocenters. The fourth-order valence-corrected chi connectivity index (χ4v) is 3.82.